The lowest BCUT2D eigenvalue weighted by atomic mass is 9.90. The quantitative estimate of drug-likeness (QED) is 0.369. The highest BCUT2D eigenvalue weighted by atomic mass is 15.1. The van der Waals surface area contributed by atoms with Crippen molar-refractivity contribution in [2.75, 3.05) is 11.9 Å². The van der Waals surface area contributed by atoms with E-state index in [0.717, 1.165) is 12.1 Å². The molecule has 0 amide bonds. The van der Waals surface area contributed by atoms with E-state index >= 15 is 0 Å². The molecule has 3 nitrogen and oxygen atoms in total. The van der Waals surface area contributed by atoms with Crippen LogP contribution in [0.25, 0.3) is 0 Å². The summed E-state index contributed by atoms with van der Waals surface area (Å²) in [6.45, 7) is 0.574. The van der Waals surface area contributed by atoms with Gasteiger partial charge in [0, 0.05) is 12.1 Å². The number of rotatable bonds is 3. The third-order valence-electron chi connectivity index (χ3n) is 3.20. The minimum atomic E-state index is 0.448. The smallest absolute Gasteiger partial charge is 0.193 e. The highest BCUT2D eigenvalue weighted by molar-refractivity contribution is 5.93. The molecule has 94 valence electrons. The van der Waals surface area contributed by atoms with E-state index in [2.05, 4.69) is 34.4 Å². The first-order valence-corrected chi connectivity index (χ1v) is 6.42. The van der Waals surface area contributed by atoms with Gasteiger partial charge in [-0.15, -0.1) is 12.3 Å². The van der Waals surface area contributed by atoms with Gasteiger partial charge in [-0.25, -0.2) is 0 Å². The molecule has 0 spiro atoms. The van der Waals surface area contributed by atoms with Crippen LogP contribution < -0.4 is 11.1 Å². The monoisotopic (exact) mass is 241 g/mol. The molecule has 0 radical (unpaired) electrons. The maximum absolute atomic E-state index is 5.85. The summed E-state index contributed by atoms with van der Waals surface area (Å²) in [5.74, 6) is 2.99. The zero-order valence-electron chi connectivity index (χ0n) is 10.6. The number of fused-ring (bicyclic) bond motifs is 1. The van der Waals surface area contributed by atoms with Gasteiger partial charge in [0.25, 0.3) is 0 Å². The van der Waals surface area contributed by atoms with Crippen LogP contribution in [0.4, 0.5) is 5.69 Å². The summed E-state index contributed by atoms with van der Waals surface area (Å²) in [6.07, 6.45) is 10.6. The number of benzene rings is 1. The molecule has 3 N–H and O–H groups in total. The molecule has 3 heteroatoms. The number of nitrogens with two attached hydrogens (primary N) is 1. The van der Waals surface area contributed by atoms with Crippen molar-refractivity contribution in [1.29, 1.82) is 0 Å². The van der Waals surface area contributed by atoms with E-state index in [4.69, 9.17) is 12.2 Å². The van der Waals surface area contributed by atoms with E-state index in [1.807, 2.05) is 0 Å². The van der Waals surface area contributed by atoms with Gasteiger partial charge in [-0.1, -0.05) is 12.1 Å². The highest BCUT2D eigenvalue weighted by Crippen LogP contribution is 2.27. The summed E-state index contributed by atoms with van der Waals surface area (Å²) >= 11 is 0. The molecular weight excluding hydrogens is 222 g/mol. The Morgan fingerprint density at radius 2 is 2.22 bits per heavy atom. The standard InChI is InChI=1S/C15H19N3/c1-2-3-11-17-15(16)18-14-10-6-8-12-7-4-5-9-13(12)14/h1,6,8,10H,3-5,7,9,11H2,(H3,16,17,18). The van der Waals surface area contributed by atoms with E-state index < -0.39 is 0 Å². The lowest BCUT2D eigenvalue weighted by Crippen LogP contribution is -2.24. The molecule has 0 saturated heterocycles. The second-order valence-corrected chi connectivity index (χ2v) is 4.50. The van der Waals surface area contributed by atoms with Crippen molar-refractivity contribution in [1.82, 2.24) is 0 Å². The molecule has 0 aromatic heterocycles. The lowest BCUT2D eigenvalue weighted by molar-refractivity contribution is 0.687. The summed E-state index contributed by atoms with van der Waals surface area (Å²) in [4.78, 5) is 4.20. The Morgan fingerprint density at radius 1 is 1.39 bits per heavy atom. The highest BCUT2D eigenvalue weighted by Gasteiger charge is 2.12. The van der Waals surface area contributed by atoms with Gasteiger partial charge in [0.15, 0.2) is 5.96 Å². The summed E-state index contributed by atoms with van der Waals surface area (Å²) in [6, 6.07) is 6.33. The Bertz CT molecular complexity index is 483. The fraction of sp³-hybridized carbons (Fsp3) is 0.400. The number of hydrogen-bond acceptors (Lipinski definition) is 1. The predicted molar refractivity (Wildman–Crippen MR) is 76.6 cm³/mol. The summed E-state index contributed by atoms with van der Waals surface area (Å²) < 4.78 is 0. The molecule has 0 saturated carbocycles. The Balaban J connectivity index is 2.10. The van der Waals surface area contributed by atoms with Crippen molar-refractivity contribution >= 4 is 11.6 Å². The van der Waals surface area contributed by atoms with E-state index in [1.54, 1.807) is 0 Å². The van der Waals surface area contributed by atoms with Gasteiger partial charge in [0.2, 0.25) is 0 Å². The van der Waals surface area contributed by atoms with Crippen LogP contribution in [0.5, 0.6) is 0 Å². The Morgan fingerprint density at radius 3 is 3.06 bits per heavy atom. The normalized spacial score (nSPS) is 14.7. The van der Waals surface area contributed by atoms with Crippen LogP contribution in [0.15, 0.2) is 23.2 Å². The number of terminal acetylenes is 1. The van der Waals surface area contributed by atoms with Gasteiger partial charge in [-0.05, 0) is 42.9 Å². The number of nitrogens with zero attached hydrogens (tertiary/aromatic N) is 1. The van der Waals surface area contributed by atoms with Gasteiger partial charge in [0.1, 0.15) is 0 Å². The van der Waals surface area contributed by atoms with E-state index in [0.29, 0.717) is 18.9 Å². The number of aliphatic imine (C=N–C) groups is 1. The molecule has 18 heavy (non-hydrogen) atoms. The van der Waals surface area contributed by atoms with Gasteiger partial charge in [-0.2, -0.15) is 0 Å². The molecular formula is C15H19N3. The topological polar surface area (TPSA) is 50.4 Å². The second kappa shape index (κ2) is 6.11. The Hall–Kier alpha value is -1.95. The summed E-state index contributed by atoms with van der Waals surface area (Å²) in [7, 11) is 0. The van der Waals surface area contributed by atoms with Crippen LogP contribution in [0, 0.1) is 12.3 Å². The van der Waals surface area contributed by atoms with Crippen molar-refractivity contribution in [3.63, 3.8) is 0 Å². The maximum Gasteiger partial charge on any atom is 0.193 e. The van der Waals surface area contributed by atoms with Crippen molar-refractivity contribution in [3.05, 3.63) is 29.3 Å². The fourth-order valence-electron chi connectivity index (χ4n) is 2.32. The van der Waals surface area contributed by atoms with Crippen LogP contribution in [0.1, 0.15) is 30.4 Å². The lowest BCUT2D eigenvalue weighted by Gasteiger charge is -2.19. The van der Waals surface area contributed by atoms with Crippen LogP contribution >= 0.6 is 0 Å². The Labute approximate surface area is 108 Å². The molecule has 1 aliphatic carbocycles. The largest absolute Gasteiger partial charge is 0.370 e. The molecule has 1 aromatic carbocycles. The first kappa shape index (κ1) is 12.5. The molecule has 0 bridgehead atoms. The van der Waals surface area contributed by atoms with Crippen molar-refractivity contribution in [2.24, 2.45) is 10.7 Å². The summed E-state index contributed by atoms with van der Waals surface area (Å²) in [5, 5.41) is 3.19. The fourth-order valence-corrected chi connectivity index (χ4v) is 2.32. The zero-order chi connectivity index (χ0) is 12.8. The molecule has 1 aromatic rings. The molecule has 0 unspecified atom stereocenters. The number of anilines is 1. The summed E-state index contributed by atoms with van der Waals surface area (Å²) in [5.41, 5.74) is 9.76. The van der Waals surface area contributed by atoms with Crippen molar-refractivity contribution in [2.45, 2.75) is 32.1 Å². The molecule has 0 fully saturated rings. The minimum absolute atomic E-state index is 0.448. The molecule has 0 aliphatic heterocycles. The zero-order valence-corrected chi connectivity index (χ0v) is 10.6. The number of guanidine groups is 1. The predicted octanol–water partition coefficient (Wildman–Crippen LogP) is 2.32. The third-order valence-corrected chi connectivity index (χ3v) is 3.20. The van der Waals surface area contributed by atoms with Crippen LogP contribution in [0.2, 0.25) is 0 Å². The average Bonchev–Trinajstić information content (AvgIpc) is 2.39. The van der Waals surface area contributed by atoms with Crippen LogP contribution in [-0.4, -0.2) is 12.5 Å². The van der Waals surface area contributed by atoms with E-state index in [1.165, 1.54) is 30.4 Å². The van der Waals surface area contributed by atoms with Crippen LogP contribution in [-0.2, 0) is 12.8 Å². The van der Waals surface area contributed by atoms with Gasteiger partial charge < -0.3 is 11.1 Å². The SMILES string of the molecule is C#CCCN=C(N)Nc1cccc2c1CCCC2. The van der Waals surface area contributed by atoms with Gasteiger partial charge in [-0.3, -0.25) is 4.99 Å². The number of nitrogens with one attached hydrogen (secondary N) is 1. The minimum Gasteiger partial charge on any atom is -0.370 e. The number of hydrogen-bond donors (Lipinski definition) is 2. The van der Waals surface area contributed by atoms with E-state index in [9.17, 15) is 0 Å². The molecule has 2 rings (SSSR count). The Kier molecular flexibility index (Phi) is 4.25. The first-order valence-electron chi connectivity index (χ1n) is 6.42. The van der Waals surface area contributed by atoms with Crippen molar-refractivity contribution in [3.8, 4) is 12.3 Å². The van der Waals surface area contributed by atoms with Crippen molar-refractivity contribution < 1.29 is 0 Å². The van der Waals surface area contributed by atoms with Gasteiger partial charge >= 0.3 is 0 Å². The second-order valence-electron chi connectivity index (χ2n) is 4.50. The average molecular weight is 241 g/mol. The molecule has 0 atom stereocenters. The van der Waals surface area contributed by atoms with Crippen LogP contribution in [0.3, 0.4) is 0 Å². The van der Waals surface area contributed by atoms with Gasteiger partial charge in [0.05, 0.1) is 6.54 Å². The van der Waals surface area contributed by atoms with E-state index in [-0.39, 0.29) is 0 Å². The third kappa shape index (κ3) is 3.04. The first-order chi connectivity index (χ1) is 8.81. The molecule has 0 heterocycles. The molecule has 1 aliphatic rings. The number of aryl methyl sites for hydroxylation is 1. The maximum atomic E-state index is 5.85.